The summed E-state index contributed by atoms with van der Waals surface area (Å²) >= 11 is 0. The molecule has 0 amide bonds. The molecule has 2 aliphatic heterocycles. The second-order valence-corrected chi connectivity index (χ2v) is 4.98. The maximum absolute atomic E-state index is 5.12. The summed E-state index contributed by atoms with van der Waals surface area (Å²) in [5.74, 6) is 0. The summed E-state index contributed by atoms with van der Waals surface area (Å²) in [4.78, 5) is 5.32. The third-order valence-corrected chi connectivity index (χ3v) is 3.86. The Kier molecular flexibility index (Phi) is 4.00. The monoisotopic (exact) mass is 212 g/mol. The number of hydrogen-bond donors (Lipinski definition) is 0. The highest BCUT2D eigenvalue weighted by molar-refractivity contribution is 4.90. The molecule has 3 nitrogen and oxygen atoms in total. The van der Waals surface area contributed by atoms with E-state index in [4.69, 9.17) is 4.74 Å². The molecule has 2 aliphatic rings. The van der Waals surface area contributed by atoms with Crippen molar-refractivity contribution in [1.82, 2.24) is 9.80 Å². The molecule has 0 saturated carbocycles. The highest BCUT2D eigenvalue weighted by Crippen LogP contribution is 2.24. The summed E-state index contributed by atoms with van der Waals surface area (Å²) < 4.78 is 5.12. The topological polar surface area (TPSA) is 15.7 Å². The Morgan fingerprint density at radius 1 is 1.33 bits per heavy atom. The summed E-state index contributed by atoms with van der Waals surface area (Å²) in [5.41, 5.74) is 0. The van der Waals surface area contributed by atoms with Gasteiger partial charge < -0.3 is 4.74 Å². The first kappa shape index (κ1) is 11.4. The number of fused-ring (bicyclic) bond motifs is 1. The summed E-state index contributed by atoms with van der Waals surface area (Å²) in [6, 6.07) is 1.58. The lowest BCUT2D eigenvalue weighted by Gasteiger charge is -2.42. The minimum atomic E-state index is 0.733. The van der Waals surface area contributed by atoms with Crippen LogP contribution in [0.5, 0.6) is 0 Å². The number of hydrogen-bond acceptors (Lipinski definition) is 3. The molecule has 2 atom stereocenters. The van der Waals surface area contributed by atoms with Gasteiger partial charge in [0.25, 0.3) is 0 Å². The van der Waals surface area contributed by atoms with Crippen molar-refractivity contribution in [2.24, 2.45) is 0 Å². The van der Waals surface area contributed by atoms with E-state index in [0.717, 1.165) is 18.7 Å². The van der Waals surface area contributed by atoms with E-state index in [2.05, 4.69) is 16.7 Å². The number of ether oxygens (including phenoxy) is 1. The van der Waals surface area contributed by atoms with Gasteiger partial charge in [0.1, 0.15) is 0 Å². The molecule has 0 bridgehead atoms. The van der Waals surface area contributed by atoms with Crippen molar-refractivity contribution in [3.63, 3.8) is 0 Å². The molecular weight excluding hydrogens is 188 g/mol. The Hall–Kier alpha value is -0.120. The molecule has 2 saturated heterocycles. The molecule has 2 rings (SSSR count). The third-order valence-electron chi connectivity index (χ3n) is 3.86. The SMILES string of the molecule is COCCCN1CC2CCCN2CC1C. The molecule has 0 aromatic carbocycles. The minimum Gasteiger partial charge on any atom is -0.385 e. The van der Waals surface area contributed by atoms with E-state index >= 15 is 0 Å². The predicted octanol–water partition coefficient (Wildman–Crippen LogP) is 1.19. The molecule has 0 N–H and O–H groups in total. The Morgan fingerprint density at radius 3 is 3.00 bits per heavy atom. The van der Waals surface area contributed by atoms with Gasteiger partial charge in [-0.3, -0.25) is 9.80 Å². The van der Waals surface area contributed by atoms with Gasteiger partial charge in [-0.05, 0) is 32.7 Å². The number of piperazine rings is 1. The molecule has 0 aromatic heterocycles. The van der Waals surface area contributed by atoms with Gasteiger partial charge in [-0.15, -0.1) is 0 Å². The van der Waals surface area contributed by atoms with Gasteiger partial charge in [-0.1, -0.05) is 0 Å². The molecular formula is C12H24N2O. The minimum absolute atomic E-state index is 0.733. The summed E-state index contributed by atoms with van der Waals surface area (Å²) in [6.07, 6.45) is 3.99. The molecule has 0 aliphatic carbocycles. The van der Waals surface area contributed by atoms with E-state index < -0.39 is 0 Å². The summed E-state index contributed by atoms with van der Waals surface area (Å²) in [6.45, 7) is 8.36. The van der Waals surface area contributed by atoms with E-state index in [9.17, 15) is 0 Å². The maximum Gasteiger partial charge on any atom is 0.0474 e. The second-order valence-electron chi connectivity index (χ2n) is 4.98. The van der Waals surface area contributed by atoms with Crippen molar-refractivity contribution in [3.8, 4) is 0 Å². The van der Waals surface area contributed by atoms with Crippen LogP contribution < -0.4 is 0 Å². The van der Waals surface area contributed by atoms with E-state index in [0.29, 0.717) is 0 Å². The van der Waals surface area contributed by atoms with Crippen LogP contribution in [0.25, 0.3) is 0 Å². The van der Waals surface area contributed by atoms with Crippen LogP contribution in [0.15, 0.2) is 0 Å². The molecule has 0 spiro atoms. The van der Waals surface area contributed by atoms with Crippen LogP contribution in [0, 0.1) is 0 Å². The fourth-order valence-corrected chi connectivity index (χ4v) is 2.97. The van der Waals surface area contributed by atoms with E-state index in [1.54, 1.807) is 7.11 Å². The van der Waals surface area contributed by atoms with Gasteiger partial charge in [0, 0.05) is 45.4 Å². The fraction of sp³-hybridized carbons (Fsp3) is 1.00. The normalized spacial score (nSPS) is 33.2. The molecule has 0 aromatic rings. The number of rotatable bonds is 4. The van der Waals surface area contributed by atoms with Gasteiger partial charge in [0.05, 0.1) is 0 Å². The number of nitrogens with zero attached hydrogens (tertiary/aromatic N) is 2. The van der Waals surface area contributed by atoms with E-state index in [1.807, 2.05) is 0 Å². The van der Waals surface area contributed by atoms with E-state index in [1.165, 1.54) is 45.4 Å². The third kappa shape index (κ3) is 2.71. The standard InChI is InChI=1S/C12H24N2O/c1-11-9-14-6-3-5-12(14)10-13(11)7-4-8-15-2/h11-12H,3-10H2,1-2H3. The fourth-order valence-electron chi connectivity index (χ4n) is 2.97. The van der Waals surface area contributed by atoms with Gasteiger partial charge in [-0.2, -0.15) is 0 Å². The average molecular weight is 212 g/mol. The zero-order valence-corrected chi connectivity index (χ0v) is 10.1. The van der Waals surface area contributed by atoms with Gasteiger partial charge in [0.15, 0.2) is 0 Å². The lowest BCUT2D eigenvalue weighted by Crippen LogP contribution is -2.55. The molecule has 88 valence electrons. The van der Waals surface area contributed by atoms with Crippen LogP contribution >= 0.6 is 0 Å². The Balaban J connectivity index is 1.79. The van der Waals surface area contributed by atoms with Crippen molar-refractivity contribution in [2.75, 3.05) is 39.9 Å². The zero-order valence-electron chi connectivity index (χ0n) is 10.1. The van der Waals surface area contributed by atoms with Crippen molar-refractivity contribution in [2.45, 2.75) is 38.3 Å². The molecule has 0 radical (unpaired) electrons. The van der Waals surface area contributed by atoms with Crippen LogP contribution in [0.2, 0.25) is 0 Å². The predicted molar refractivity (Wildman–Crippen MR) is 62.1 cm³/mol. The number of methoxy groups -OCH3 is 1. The van der Waals surface area contributed by atoms with Crippen molar-refractivity contribution in [1.29, 1.82) is 0 Å². The van der Waals surface area contributed by atoms with Crippen molar-refractivity contribution >= 4 is 0 Å². The van der Waals surface area contributed by atoms with Crippen LogP contribution in [0.1, 0.15) is 26.2 Å². The largest absolute Gasteiger partial charge is 0.385 e. The first-order chi connectivity index (χ1) is 7.31. The molecule has 15 heavy (non-hydrogen) atoms. The molecule has 3 heteroatoms. The van der Waals surface area contributed by atoms with Gasteiger partial charge in [-0.25, -0.2) is 0 Å². The Morgan fingerprint density at radius 2 is 2.20 bits per heavy atom. The second kappa shape index (κ2) is 5.28. The lowest BCUT2D eigenvalue weighted by molar-refractivity contribution is 0.0526. The first-order valence-electron chi connectivity index (χ1n) is 6.28. The van der Waals surface area contributed by atoms with E-state index in [-0.39, 0.29) is 0 Å². The molecule has 2 unspecified atom stereocenters. The zero-order chi connectivity index (χ0) is 10.7. The average Bonchev–Trinajstić information content (AvgIpc) is 2.65. The van der Waals surface area contributed by atoms with Gasteiger partial charge in [0.2, 0.25) is 0 Å². The van der Waals surface area contributed by atoms with Crippen LogP contribution in [-0.4, -0.2) is 61.8 Å². The smallest absolute Gasteiger partial charge is 0.0474 e. The quantitative estimate of drug-likeness (QED) is 0.651. The van der Waals surface area contributed by atoms with Crippen molar-refractivity contribution in [3.05, 3.63) is 0 Å². The Labute approximate surface area is 93.4 Å². The van der Waals surface area contributed by atoms with Crippen LogP contribution in [-0.2, 0) is 4.74 Å². The van der Waals surface area contributed by atoms with Gasteiger partial charge >= 0.3 is 0 Å². The van der Waals surface area contributed by atoms with Crippen LogP contribution in [0.4, 0.5) is 0 Å². The first-order valence-corrected chi connectivity index (χ1v) is 6.28. The van der Waals surface area contributed by atoms with Crippen LogP contribution in [0.3, 0.4) is 0 Å². The van der Waals surface area contributed by atoms with Crippen molar-refractivity contribution < 1.29 is 4.74 Å². The molecule has 2 fully saturated rings. The summed E-state index contributed by atoms with van der Waals surface area (Å²) in [5, 5.41) is 0. The summed E-state index contributed by atoms with van der Waals surface area (Å²) in [7, 11) is 1.79. The highest BCUT2D eigenvalue weighted by Gasteiger charge is 2.33. The highest BCUT2D eigenvalue weighted by atomic mass is 16.5. The maximum atomic E-state index is 5.12. The Bertz CT molecular complexity index is 198. The lowest BCUT2D eigenvalue weighted by atomic mass is 10.1. The molecule has 2 heterocycles.